The van der Waals surface area contributed by atoms with E-state index in [9.17, 15) is 40.5 Å². The summed E-state index contributed by atoms with van der Waals surface area (Å²) < 4.78 is 0. The quantitative estimate of drug-likeness (QED) is 0.133. The fourth-order valence-electron chi connectivity index (χ4n) is 8.08. The lowest BCUT2D eigenvalue weighted by Crippen LogP contribution is -1.98. The van der Waals surface area contributed by atoms with Crippen molar-refractivity contribution >= 4 is 67.1 Å². The van der Waals surface area contributed by atoms with Crippen molar-refractivity contribution in [1.29, 1.82) is 0 Å². The molecule has 5 rings (SSSR count). The number of aryl methyl sites for hydroxylation is 4. The maximum atomic E-state index is 13.2. The van der Waals surface area contributed by atoms with Gasteiger partial charge in [-0.2, -0.15) is 0 Å². The van der Waals surface area contributed by atoms with Crippen molar-refractivity contribution in [2.75, 3.05) is 0 Å². The first-order valence-electron chi connectivity index (χ1n) is 17.7. The van der Waals surface area contributed by atoms with Crippen LogP contribution < -0.4 is 0 Å². The molecule has 3 aromatic rings. The number of aromatic nitrogens is 4. The molecule has 2 N–H and O–H groups in total. The molecular weight excluding hydrogens is 672 g/mol. The summed E-state index contributed by atoms with van der Waals surface area (Å²) >= 11 is 0. The second-order valence-electron chi connectivity index (χ2n) is 12.4. The van der Waals surface area contributed by atoms with Gasteiger partial charge in [0.2, 0.25) is 0 Å². The first kappa shape index (κ1) is 37.5. The number of fused-ring (bicyclic) bond motifs is 8. The van der Waals surface area contributed by atoms with Gasteiger partial charge in [-0.15, -0.1) is 0 Å². The standard InChI is InChI=1S/C36H42N8O8/c1-9-17-18(10-2)26-34(42(47)48)28-21(13-5)22(14-6)30(39-28)36(44(51)52)32-24(16-8)23(15-7)31(40-32)35(43(49)50)29-20(12-4)19(11-3)27(38-29)33(41(45)46)25(17)37-26/h37,40H,9-16H2,1-8H3. The molecule has 0 fully saturated rings. The molecule has 16 heteroatoms. The maximum Gasteiger partial charge on any atom is 0.318 e. The molecule has 2 aliphatic heterocycles. The number of nitrogens with zero attached hydrogens (tertiary/aromatic N) is 6. The maximum absolute atomic E-state index is 13.2. The number of aromatic amines is 2. The zero-order valence-corrected chi connectivity index (χ0v) is 30.6. The minimum Gasteiger partial charge on any atom is -0.344 e. The summed E-state index contributed by atoms with van der Waals surface area (Å²) in [6.07, 6.45) is 1.98. The molecular formula is C36H42N8O8. The van der Waals surface area contributed by atoms with Crippen LogP contribution in [0.5, 0.6) is 0 Å². The van der Waals surface area contributed by atoms with Gasteiger partial charge in [0, 0.05) is 0 Å². The van der Waals surface area contributed by atoms with Crippen molar-refractivity contribution in [2.24, 2.45) is 0 Å². The van der Waals surface area contributed by atoms with Gasteiger partial charge in [-0.3, -0.25) is 40.5 Å². The van der Waals surface area contributed by atoms with Crippen LogP contribution in [0.4, 0.5) is 22.7 Å². The molecule has 5 heterocycles. The van der Waals surface area contributed by atoms with Gasteiger partial charge in [-0.1, -0.05) is 55.4 Å². The van der Waals surface area contributed by atoms with Crippen LogP contribution in [0.3, 0.4) is 0 Å². The number of nitro groups is 4. The highest BCUT2D eigenvalue weighted by Gasteiger charge is 2.38. The van der Waals surface area contributed by atoms with Gasteiger partial charge in [0.1, 0.15) is 44.8 Å². The predicted octanol–water partition coefficient (Wildman–Crippen LogP) is 9.66. The predicted molar refractivity (Wildman–Crippen MR) is 200 cm³/mol. The second-order valence-corrected chi connectivity index (χ2v) is 12.4. The molecule has 0 spiro atoms. The number of hydrogen-bond acceptors (Lipinski definition) is 10. The third-order valence-corrected chi connectivity index (χ3v) is 10.2. The Hall–Kier alpha value is -5.80. The van der Waals surface area contributed by atoms with Crippen molar-refractivity contribution in [3.05, 3.63) is 85.5 Å². The van der Waals surface area contributed by atoms with E-state index >= 15 is 0 Å². The Kier molecular flexibility index (Phi) is 10.4. The normalized spacial score (nSPS) is 12.9. The zero-order valence-electron chi connectivity index (χ0n) is 30.6. The largest absolute Gasteiger partial charge is 0.344 e. The van der Waals surface area contributed by atoms with E-state index in [4.69, 9.17) is 9.97 Å². The molecule has 2 aliphatic rings. The first-order valence-corrected chi connectivity index (χ1v) is 17.7. The molecule has 274 valence electrons. The van der Waals surface area contributed by atoms with E-state index in [0.29, 0.717) is 44.5 Å². The van der Waals surface area contributed by atoms with Gasteiger partial charge < -0.3 is 9.97 Å². The van der Waals surface area contributed by atoms with Gasteiger partial charge in [0.25, 0.3) is 0 Å². The van der Waals surface area contributed by atoms with E-state index in [0.717, 1.165) is 0 Å². The molecule has 0 radical (unpaired) electrons. The molecule has 0 aromatic carbocycles. The highest BCUT2D eigenvalue weighted by molar-refractivity contribution is 6.04. The van der Waals surface area contributed by atoms with Crippen molar-refractivity contribution in [3.63, 3.8) is 0 Å². The molecule has 0 saturated carbocycles. The topological polar surface area (TPSA) is 230 Å². The van der Waals surface area contributed by atoms with Crippen molar-refractivity contribution in [1.82, 2.24) is 19.9 Å². The summed E-state index contributed by atoms with van der Waals surface area (Å²) in [6.45, 7) is 14.2. The zero-order chi connectivity index (χ0) is 38.3. The lowest BCUT2D eigenvalue weighted by atomic mass is 9.96. The van der Waals surface area contributed by atoms with Crippen LogP contribution in [-0.4, -0.2) is 39.6 Å². The van der Waals surface area contributed by atoms with Gasteiger partial charge in [-0.05, 0) is 95.9 Å². The van der Waals surface area contributed by atoms with Crippen molar-refractivity contribution < 1.29 is 19.7 Å². The van der Waals surface area contributed by atoms with Crippen LogP contribution in [0, 0.1) is 40.5 Å². The van der Waals surface area contributed by atoms with Crippen LogP contribution in [0.15, 0.2) is 0 Å². The Bertz CT molecular complexity index is 2000. The van der Waals surface area contributed by atoms with Gasteiger partial charge in [0.15, 0.2) is 0 Å². The number of allylic oxidation sites excluding steroid dienone is 4. The molecule has 0 unspecified atom stereocenters. The monoisotopic (exact) mass is 714 g/mol. The molecule has 52 heavy (non-hydrogen) atoms. The summed E-state index contributed by atoms with van der Waals surface area (Å²) in [7, 11) is 0. The Labute approximate surface area is 298 Å². The lowest BCUT2D eigenvalue weighted by Gasteiger charge is -2.05. The van der Waals surface area contributed by atoms with E-state index in [1.807, 2.05) is 0 Å². The van der Waals surface area contributed by atoms with E-state index in [-0.39, 0.29) is 96.2 Å². The molecule has 0 atom stereocenters. The Morgan fingerprint density at radius 3 is 0.712 bits per heavy atom. The molecule has 3 aromatic heterocycles. The molecule has 16 nitrogen and oxygen atoms in total. The van der Waals surface area contributed by atoms with Crippen LogP contribution in [0.2, 0.25) is 0 Å². The van der Waals surface area contributed by atoms with Gasteiger partial charge >= 0.3 is 22.7 Å². The highest BCUT2D eigenvalue weighted by atomic mass is 16.6. The highest BCUT2D eigenvalue weighted by Crippen LogP contribution is 2.48. The molecule has 0 aliphatic carbocycles. The lowest BCUT2D eigenvalue weighted by molar-refractivity contribution is -0.384. The number of H-pyrrole nitrogens is 2. The SMILES string of the molecule is CCC1=C(CC)c2nc1c([N+](=O)[O-])c1[nH]c(c(CC)c1CC)c([N+](=O)[O-])c1nc(c([N+](=O)[O-])c3[nH]c(c(CC)c3CC)c2[N+](=O)[O-])C(CC)=C1CC. The third kappa shape index (κ3) is 5.52. The van der Waals surface area contributed by atoms with E-state index < -0.39 is 42.4 Å². The van der Waals surface area contributed by atoms with Crippen molar-refractivity contribution in [2.45, 2.75) is 107 Å². The minimum absolute atomic E-state index is 0.0117. The average molecular weight is 715 g/mol. The van der Waals surface area contributed by atoms with Gasteiger partial charge in [-0.25, -0.2) is 9.97 Å². The summed E-state index contributed by atoms with van der Waals surface area (Å²) in [5, 5.41) is 52.7. The van der Waals surface area contributed by atoms with Crippen LogP contribution in [0.25, 0.3) is 44.4 Å². The summed E-state index contributed by atoms with van der Waals surface area (Å²) in [5.74, 6) is 0. The third-order valence-electron chi connectivity index (χ3n) is 10.2. The average Bonchev–Trinajstić information content (AvgIpc) is 3.84. The van der Waals surface area contributed by atoms with E-state index in [2.05, 4.69) is 9.97 Å². The first-order chi connectivity index (χ1) is 24.8. The van der Waals surface area contributed by atoms with E-state index in [1.165, 1.54) is 0 Å². The smallest absolute Gasteiger partial charge is 0.318 e. The summed E-state index contributed by atoms with van der Waals surface area (Å²) in [4.78, 5) is 65.9. The molecule has 0 amide bonds. The summed E-state index contributed by atoms with van der Waals surface area (Å²) in [5.41, 5.74) is 1.53. The Morgan fingerprint density at radius 1 is 0.385 bits per heavy atom. The Morgan fingerprint density at radius 2 is 0.577 bits per heavy atom. The van der Waals surface area contributed by atoms with Crippen molar-refractivity contribution in [3.8, 4) is 0 Å². The number of hydrogen-bond donors (Lipinski definition) is 2. The second kappa shape index (κ2) is 14.4. The Balaban J connectivity index is 2.37. The summed E-state index contributed by atoms with van der Waals surface area (Å²) in [6, 6.07) is 0. The molecule has 0 saturated heterocycles. The fraction of sp³-hybridized carbons (Fsp3) is 0.444. The van der Waals surface area contributed by atoms with E-state index in [1.54, 1.807) is 55.4 Å². The number of rotatable bonds is 12. The van der Waals surface area contributed by atoms with Crippen LogP contribution >= 0.6 is 0 Å². The molecule has 8 bridgehead atoms. The number of nitrogens with one attached hydrogen (secondary N) is 2. The van der Waals surface area contributed by atoms with Crippen LogP contribution in [-0.2, 0) is 25.7 Å². The minimum atomic E-state index is -0.594. The van der Waals surface area contributed by atoms with Crippen LogP contribution in [0.1, 0.15) is 126 Å². The fourth-order valence-corrected chi connectivity index (χ4v) is 8.08. The van der Waals surface area contributed by atoms with Gasteiger partial charge in [0.05, 0.1) is 19.7 Å².